The predicted octanol–water partition coefficient (Wildman–Crippen LogP) is -9.08. The summed E-state index contributed by atoms with van der Waals surface area (Å²) >= 11 is 11.5. The van der Waals surface area contributed by atoms with Crippen molar-refractivity contribution in [3.8, 4) is 23.0 Å². The van der Waals surface area contributed by atoms with Crippen LogP contribution in [0.25, 0.3) is 21.5 Å². The van der Waals surface area contributed by atoms with Crippen LogP contribution in [0.1, 0.15) is 0 Å². The fourth-order valence-electron chi connectivity index (χ4n) is 6.64. The number of halogens is 2. The average molecular weight is 1360 g/mol. The molecular weight excluding hydrogens is 1340 g/mol. The second-order valence-corrected chi connectivity index (χ2v) is 21.3. The number of hydrogen-bond donors (Lipinski definition) is 5. The van der Waals surface area contributed by atoms with Crippen molar-refractivity contribution in [2.45, 2.75) is 19.6 Å². The van der Waals surface area contributed by atoms with Gasteiger partial charge in [0.15, 0.2) is 0 Å². The van der Waals surface area contributed by atoms with Crippen LogP contribution in [0.15, 0.2) is 113 Å². The van der Waals surface area contributed by atoms with E-state index in [4.69, 9.17) is 34.7 Å². The van der Waals surface area contributed by atoms with Gasteiger partial charge in [0, 0.05) is 35.6 Å². The molecule has 0 aliphatic heterocycles. The van der Waals surface area contributed by atoms with Crippen LogP contribution in [0.3, 0.4) is 0 Å². The van der Waals surface area contributed by atoms with E-state index in [0.717, 1.165) is 24.3 Å². The number of azo groups is 2. The second kappa shape index (κ2) is 29.8. The molecular formula is C38H19Cl2CrN16Na4O20S4. The van der Waals surface area contributed by atoms with Gasteiger partial charge in [0.2, 0.25) is 34.4 Å². The monoisotopic (exact) mass is 1360 g/mol. The number of nitrogens with one attached hydrogen (secondary N) is 2. The first-order valence-electron chi connectivity index (χ1n) is 20.2. The number of rotatable bonds is 14. The van der Waals surface area contributed by atoms with Gasteiger partial charge >= 0.3 is 136 Å². The van der Waals surface area contributed by atoms with E-state index in [1.165, 1.54) is 0 Å². The van der Waals surface area contributed by atoms with Crippen LogP contribution < -0.4 is 161 Å². The molecule has 7 N–H and O–H groups in total. The molecule has 47 heteroatoms. The molecule has 0 bridgehead atoms. The zero-order valence-electron chi connectivity index (χ0n) is 42.5. The Bertz CT molecular complexity index is 4210. The van der Waals surface area contributed by atoms with Crippen molar-refractivity contribution in [3.05, 3.63) is 104 Å². The van der Waals surface area contributed by atoms with Crippen molar-refractivity contribution in [1.82, 2.24) is 29.9 Å². The van der Waals surface area contributed by atoms with Gasteiger partial charge in [-0.05, 0) is 81.1 Å². The summed E-state index contributed by atoms with van der Waals surface area (Å²) in [5.41, 5.74) is 5.32. The molecule has 1 radical (unpaired) electrons. The standard InChI is InChI=1S/2C19H13ClN8O10S2.Cr.4Na/c2*20-17-23-18(21)25-19(24-17)22-11-6-9(39(33,34)35)3-7-4-13(40(36,37)38)15(16(30)14(7)11)27-26-10-5-8(28(31)32)1-2-12(10)29;;;;;/h2*1-6,29-30H,(H,33,34,35)(H,36,37,38)(H3,21,22,23,24,25);;;;;/q;;+3;4*+1/p-7. The Kier molecular flexibility index (Phi) is 26.7. The smallest absolute Gasteiger partial charge is 0.871 e. The molecule has 8 rings (SSSR count). The van der Waals surface area contributed by atoms with Crippen LogP contribution in [0.4, 0.5) is 69.3 Å². The summed E-state index contributed by atoms with van der Waals surface area (Å²) in [6.45, 7) is 0. The van der Waals surface area contributed by atoms with E-state index >= 15 is 0 Å². The minimum Gasteiger partial charge on any atom is -0.871 e. The summed E-state index contributed by atoms with van der Waals surface area (Å²) in [5, 5.41) is 88.9. The average Bonchev–Trinajstić information content (AvgIpc) is 2.37. The van der Waals surface area contributed by atoms with Crippen molar-refractivity contribution < 1.29 is 218 Å². The molecule has 419 valence electrons. The van der Waals surface area contributed by atoms with Crippen molar-refractivity contribution in [2.24, 2.45) is 20.5 Å². The fourth-order valence-corrected chi connectivity index (χ4v) is 9.33. The molecule has 36 nitrogen and oxygen atoms in total. The van der Waals surface area contributed by atoms with Crippen molar-refractivity contribution >= 4 is 155 Å². The largest absolute Gasteiger partial charge is 3.00 e. The third-order valence-electron chi connectivity index (χ3n) is 9.90. The third-order valence-corrected chi connectivity index (χ3v) is 13.6. The van der Waals surface area contributed by atoms with E-state index in [2.05, 4.69) is 61.0 Å². The Morgan fingerprint density at radius 1 is 0.506 bits per heavy atom. The first kappa shape index (κ1) is 76.1. The van der Waals surface area contributed by atoms with Crippen molar-refractivity contribution in [2.75, 3.05) is 22.1 Å². The van der Waals surface area contributed by atoms with Gasteiger partial charge in [-0.3, -0.25) is 24.8 Å². The second-order valence-electron chi connectivity index (χ2n) is 15.1. The number of nitrogens with two attached hydrogens (primary N) is 2. The number of nitrogens with zero attached hydrogens (tertiary/aromatic N) is 12. The minimum absolute atomic E-state index is 0. The van der Waals surface area contributed by atoms with E-state index in [1.807, 2.05) is 0 Å². The Labute approximate surface area is 583 Å². The van der Waals surface area contributed by atoms with E-state index in [-0.39, 0.29) is 136 Å². The summed E-state index contributed by atoms with van der Waals surface area (Å²) < 4.78 is 141. The van der Waals surface area contributed by atoms with E-state index < -0.39 is 194 Å². The van der Waals surface area contributed by atoms with Crippen LogP contribution in [0.2, 0.25) is 10.6 Å². The molecule has 0 spiro atoms. The molecule has 0 saturated heterocycles. The quantitative estimate of drug-likeness (QED) is 0.0222. The van der Waals surface area contributed by atoms with Crippen LogP contribution in [0.5, 0.6) is 23.0 Å². The normalized spacial score (nSPS) is 11.5. The number of fused-ring (bicyclic) bond motifs is 2. The zero-order chi connectivity index (χ0) is 59.1. The number of benzene rings is 6. The van der Waals surface area contributed by atoms with Gasteiger partial charge in [-0.2, -0.15) is 48.6 Å². The first-order chi connectivity index (χ1) is 37.1. The Morgan fingerprint density at radius 2 is 0.859 bits per heavy atom. The molecule has 0 atom stereocenters. The Hall–Kier alpha value is -4.99. The molecule has 0 unspecified atom stereocenters. The summed E-state index contributed by atoms with van der Waals surface area (Å²) in [5.74, 6) is -6.09. The number of anilines is 6. The molecule has 0 aliphatic carbocycles. The zero-order valence-corrected chi connectivity index (χ0v) is 56.5. The number of hydrogen-bond acceptors (Lipinski definition) is 33. The molecule has 2 aromatic heterocycles. The number of non-ortho nitro benzene ring substituents is 2. The molecule has 0 aliphatic rings. The molecule has 0 saturated carbocycles. The number of nitrogen functional groups attached to an aromatic ring is 2. The first-order valence-corrected chi connectivity index (χ1v) is 26.6. The van der Waals surface area contributed by atoms with Crippen molar-refractivity contribution in [1.29, 1.82) is 0 Å². The maximum Gasteiger partial charge on any atom is 3.00 e. The van der Waals surface area contributed by atoms with Crippen LogP contribution in [-0.2, 0) is 57.8 Å². The third kappa shape index (κ3) is 18.5. The van der Waals surface area contributed by atoms with Crippen LogP contribution in [0, 0.1) is 20.2 Å². The summed E-state index contributed by atoms with van der Waals surface area (Å²) in [7, 11) is -21.2. The number of nitro benzene ring substituents is 2. The Balaban J connectivity index is 0.000000548. The van der Waals surface area contributed by atoms with Gasteiger partial charge in [0.25, 0.3) is 21.5 Å². The topological polar surface area (TPSA) is 607 Å². The summed E-state index contributed by atoms with van der Waals surface area (Å²) in [4.78, 5) is 37.8. The van der Waals surface area contributed by atoms with Crippen LogP contribution >= 0.6 is 23.2 Å². The number of aromatic nitrogens is 6. The molecule has 8 aromatic rings. The molecule has 6 aromatic carbocycles. The minimum atomic E-state index is -5.52. The van der Waals surface area contributed by atoms with Gasteiger partial charge in [-0.15, -0.1) is 10.2 Å². The maximum absolute atomic E-state index is 13.5. The van der Waals surface area contributed by atoms with Gasteiger partial charge in [-0.25, -0.2) is 25.3 Å². The Morgan fingerprint density at radius 3 is 1.18 bits per heavy atom. The molecule has 0 amide bonds. The van der Waals surface area contributed by atoms with Crippen molar-refractivity contribution in [3.63, 3.8) is 0 Å². The van der Waals surface area contributed by atoms with Gasteiger partial charge < -0.3 is 56.2 Å². The van der Waals surface area contributed by atoms with E-state index in [1.54, 1.807) is 0 Å². The van der Waals surface area contributed by atoms with Gasteiger partial charge in [0.1, 0.15) is 35.2 Å². The summed E-state index contributed by atoms with van der Waals surface area (Å²) in [6, 6.07) is 8.52. The number of nitro groups is 2. The van der Waals surface area contributed by atoms with Gasteiger partial charge in [0.05, 0.1) is 47.3 Å². The SMILES string of the molecule is Nc1nc(Cl)nc(Nc2cc(S(=O)(=O)[O-])cc3cc(S(=O)(=O)O)c(N=Nc4cc([N+](=O)[O-])ccc4[O-])c([O-])c23)n1.Nc1nc(Cl)nc(Nc2cc(S(=O)(=O)[O-])cc3cc(S(=O)(=O)[O-])c(N=Nc4cc([N+](=O)[O-])ccc4[O-])c([O-])c23)n1.[Cr+3].[Na+].[Na+].[Na+].[Na+]. The predicted molar refractivity (Wildman–Crippen MR) is 259 cm³/mol. The maximum atomic E-state index is 13.5. The fraction of sp³-hybridized carbons (Fsp3) is 0. The molecule has 2 heterocycles. The van der Waals surface area contributed by atoms with E-state index in [9.17, 15) is 92.5 Å². The molecule has 0 fully saturated rings. The van der Waals surface area contributed by atoms with Gasteiger partial charge in [-0.1, -0.05) is 35.1 Å². The van der Waals surface area contributed by atoms with Crippen LogP contribution in [-0.4, -0.2) is 91.6 Å². The van der Waals surface area contributed by atoms with E-state index in [0.29, 0.717) is 48.5 Å². The summed E-state index contributed by atoms with van der Waals surface area (Å²) in [6.07, 6.45) is 0. The molecule has 85 heavy (non-hydrogen) atoms.